The summed E-state index contributed by atoms with van der Waals surface area (Å²) in [4.78, 5) is 2.27. The third-order valence-electron chi connectivity index (χ3n) is 4.57. The van der Waals surface area contributed by atoms with Crippen LogP contribution in [0.4, 0.5) is 0 Å². The normalized spacial score (nSPS) is 23.1. The minimum atomic E-state index is -2.91. The van der Waals surface area contributed by atoms with E-state index in [1.54, 1.807) is 0 Å². The van der Waals surface area contributed by atoms with E-state index in [-0.39, 0.29) is 11.0 Å². The first-order valence-electron chi connectivity index (χ1n) is 7.86. The van der Waals surface area contributed by atoms with Gasteiger partial charge in [0.2, 0.25) is 0 Å². The first-order valence-corrected chi connectivity index (χ1v) is 9.58. The fraction of sp³-hybridized carbons (Fsp3) is 0.800. The second-order valence-electron chi connectivity index (χ2n) is 5.95. The molecule has 1 aromatic rings. The van der Waals surface area contributed by atoms with E-state index in [0.29, 0.717) is 6.54 Å². The summed E-state index contributed by atoms with van der Waals surface area (Å²) in [5, 5.41) is 4.39. The monoisotopic (exact) mass is 313 g/mol. The van der Waals surface area contributed by atoms with Crippen LogP contribution < -0.4 is 0 Å². The average Bonchev–Trinajstić information content (AvgIpc) is 2.69. The molecular formula is C15H27N3O2S. The third-order valence-corrected chi connectivity index (χ3v) is 6.78. The fourth-order valence-corrected chi connectivity index (χ4v) is 4.45. The molecular weight excluding hydrogens is 286 g/mol. The van der Waals surface area contributed by atoms with Gasteiger partial charge in [-0.05, 0) is 32.7 Å². The van der Waals surface area contributed by atoms with Gasteiger partial charge in [-0.2, -0.15) is 5.10 Å². The lowest BCUT2D eigenvalue weighted by Crippen LogP contribution is -2.27. The van der Waals surface area contributed by atoms with Crippen LogP contribution in [0.25, 0.3) is 0 Å². The van der Waals surface area contributed by atoms with E-state index in [2.05, 4.69) is 23.8 Å². The minimum Gasteiger partial charge on any atom is -0.298 e. The Morgan fingerprint density at radius 2 is 1.95 bits per heavy atom. The molecule has 0 bridgehead atoms. The highest BCUT2D eigenvalue weighted by molar-refractivity contribution is 7.92. The second-order valence-corrected chi connectivity index (χ2v) is 8.48. The van der Waals surface area contributed by atoms with Crippen molar-refractivity contribution in [2.45, 2.75) is 51.8 Å². The molecule has 120 valence electrons. The van der Waals surface area contributed by atoms with Crippen molar-refractivity contribution in [3.05, 3.63) is 17.0 Å². The van der Waals surface area contributed by atoms with Gasteiger partial charge < -0.3 is 0 Å². The summed E-state index contributed by atoms with van der Waals surface area (Å²) < 4.78 is 26.0. The molecule has 0 aromatic carbocycles. The van der Waals surface area contributed by atoms with Crippen molar-refractivity contribution in [3.63, 3.8) is 0 Å². The van der Waals surface area contributed by atoms with Crippen LogP contribution in [0.2, 0.25) is 0 Å². The molecule has 0 N–H and O–H groups in total. The van der Waals surface area contributed by atoms with Crippen LogP contribution >= 0.6 is 0 Å². The zero-order chi connectivity index (χ0) is 15.6. The fourth-order valence-electron chi connectivity index (χ4n) is 3.07. The number of hydrogen-bond donors (Lipinski definition) is 0. The first kappa shape index (κ1) is 16.5. The van der Waals surface area contributed by atoms with Gasteiger partial charge in [-0.3, -0.25) is 9.58 Å². The lowest BCUT2D eigenvalue weighted by molar-refractivity contribution is 0.282. The second kappa shape index (κ2) is 6.48. The Balaban J connectivity index is 2.19. The van der Waals surface area contributed by atoms with E-state index in [9.17, 15) is 8.42 Å². The molecule has 5 nitrogen and oxygen atoms in total. The van der Waals surface area contributed by atoms with Gasteiger partial charge in [0.15, 0.2) is 9.84 Å². The van der Waals surface area contributed by atoms with Crippen LogP contribution in [0.15, 0.2) is 0 Å². The molecule has 6 heteroatoms. The Hall–Kier alpha value is -0.880. The number of aromatic nitrogens is 2. The Labute approximate surface area is 128 Å². The van der Waals surface area contributed by atoms with E-state index in [1.165, 1.54) is 11.3 Å². The third kappa shape index (κ3) is 3.48. The number of hydrogen-bond acceptors (Lipinski definition) is 4. The molecule has 1 atom stereocenters. The molecule has 2 heterocycles. The molecule has 2 rings (SSSR count). The van der Waals surface area contributed by atoms with Gasteiger partial charge in [0.05, 0.1) is 16.7 Å². The average molecular weight is 313 g/mol. The summed E-state index contributed by atoms with van der Waals surface area (Å²) in [6, 6.07) is 0. The zero-order valence-electron chi connectivity index (χ0n) is 13.6. The summed E-state index contributed by atoms with van der Waals surface area (Å²) in [5.74, 6) is 0.275. The van der Waals surface area contributed by atoms with Crippen molar-refractivity contribution in [2.75, 3.05) is 18.8 Å². The molecule has 0 unspecified atom stereocenters. The molecule has 1 saturated heterocycles. The molecule has 0 aliphatic carbocycles. The topological polar surface area (TPSA) is 55.2 Å². The Morgan fingerprint density at radius 1 is 1.24 bits per heavy atom. The van der Waals surface area contributed by atoms with Gasteiger partial charge >= 0.3 is 0 Å². The maximum atomic E-state index is 12.0. The SMILES string of the molecule is CCc1nn(C)c(CC)c1CN1CC[C@H](C)S(=O)(=O)CC1. The maximum Gasteiger partial charge on any atom is 0.154 e. The highest BCUT2D eigenvalue weighted by Crippen LogP contribution is 2.20. The molecule has 1 fully saturated rings. The predicted molar refractivity (Wildman–Crippen MR) is 85.1 cm³/mol. The molecule has 0 spiro atoms. The molecule has 1 aliphatic heterocycles. The number of aryl methyl sites for hydroxylation is 2. The summed E-state index contributed by atoms with van der Waals surface area (Å²) in [7, 11) is -0.915. The highest BCUT2D eigenvalue weighted by atomic mass is 32.2. The molecule has 0 amide bonds. The van der Waals surface area contributed by atoms with Crippen LogP contribution in [0.3, 0.4) is 0 Å². The van der Waals surface area contributed by atoms with Crippen molar-refractivity contribution >= 4 is 9.84 Å². The summed E-state index contributed by atoms with van der Waals surface area (Å²) in [6.45, 7) is 8.41. The van der Waals surface area contributed by atoms with E-state index in [0.717, 1.165) is 38.0 Å². The molecule has 21 heavy (non-hydrogen) atoms. The largest absolute Gasteiger partial charge is 0.298 e. The van der Waals surface area contributed by atoms with Gasteiger partial charge in [0.25, 0.3) is 0 Å². The standard InChI is InChI=1S/C15H27N3O2S/c1-5-14-13(15(6-2)17(4)16-14)11-18-8-7-12(3)21(19,20)10-9-18/h12H,5-11H2,1-4H3/t12-/m0/s1. The smallest absolute Gasteiger partial charge is 0.154 e. The summed E-state index contributed by atoms with van der Waals surface area (Å²) in [5.41, 5.74) is 3.72. The maximum absolute atomic E-state index is 12.0. The predicted octanol–water partition coefficient (Wildman–Crippen LogP) is 1.55. The summed E-state index contributed by atoms with van der Waals surface area (Å²) >= 11 is 0. The quantitative estimate of drug-likeness (QED) is 0.846. The van der Waals surface area contributed by atoms with E-state index in [4.69, 9.17) is 0 Å². The van der Waals surface area contributed by atoms with E-state index < -0.39 is 9.84 Å². The van der Waals surface area contributed by atoms with E-state index >= 15 is 0 Å². The highest BCUT2D eigenvalue weighted by Gasteiger charge is 2.27. The molecule has 1 aromatic heterocycles. The summed E-state index contributed by atoms with van der Waals surface area (Å²) in [6.07, 6.45) is 2.61. The van der Waals surface area contributed by atoms with Crippen molar-refractivity contribution < 1.29 is 8.42 Å². The van der Waals surface area contributed by atoms with Crippen LogP contribution in [0.1, 0.15) is 44.1 Å². The number of nitrogens with zero attached hydrogens (tertiary/aromatic N) is 3. The van der Waals surface area contributed by atoms with Crippen LogP contribution in [-0.4, -0.2) is 47.2 Å². The Morgan fingerprint density at radius 3 is 2.57 bits per heavy atom. The van der Waals surface area contributed by atoms with Crippen molar-refractivity contribution in [1.29, 1.82) is 0 Å². The number of sulfone groups is 1. The first-order chi connectivity index (χ1) is 9.89. The van der Waals surface area contributed by atoms with Gasteiger partial charge in [-0.25, -0.2) is 8.42 Å². The molecule has 0 saturated carbocycles. The van der Waals surface area contributed by atoms with Crippen molar-refractivity contribution in [3.8, 4) is 0 Å². The van der Waals surface area contributed by atoms with Crippen LogP contribution in [-0.2, 0) is 36.3 Å². The van der Waals surface area contributed by atoms with Gasteiger partial charge in [0.1, 0.15) is 0 Å². The lowest BCUT2D eigenvalue weighted by atomic mass is 10.1. The van der Waals surface area contributed by atoms with Crippen LogP contribution in [0.5, 0.6) is 0 Å². The van der Waals surface area contributed by atoms with Gasteiger partial charge in [-0.15, -0.1) is 0 Å². The van der Waals surface area contributed by atoms with Gasteiger partial charge in [0, 0.05) is 31.4 Å². The van der Waals surface area contributed by atoms with Gasteiger partial charge in [-0.1, -0.05) is 13.8 Å². The zero-order valence-corrected chi connectivity index (χ0v) is 14.4. The minimum absolute atomic E-state index is 0.215. The van der Waals surface area contributed by atoms with Crippen molar-refractivity contribution in [2.24, 2.45) is 7.05 Å². The van der Waals surface area contributed by atoms with Crippen LogP contribution in [0, 0.1) is 0 Å². The Bertz CT molecular complexity index is 592. The Kier molecular flexibility index (Phi) is 5.09. The number of rotatable bonds is 4. The molecule has 1 aliphatic rings. The van der Waals surface area contributed by atoms with E-state index in [1.807, 2.05) is 18.7 Å². The van der Waals surface area contributed by atoms with Crippen molar-refractivity contribution in [1.82, 2.24) is 14.7 Å². The lowest BCUT2D eigenvalue weighted by Gasteiger charge is -2.20. The molecule has 0 radical (unpaired) electrons.